The van der Waals surface area contributed by atoms with Gasteiger partial charge in [-0.05, 0) is 37.8 Å². The van der Waals surface area contributed by atoms with E-state index in [4.69, 9.17) is 9.26 Å². The molecule has 1 N–H and O–H groups in total. The van der Waals surface area contributed by atoms with Gasteiger partial charge in [0.15, 0.2) is 6.61 Å². The van der Waals surface area contributed by atoms with Crippen LogP contribution in [0.5, 0.6) is 5.75 Å². The van der Waals surface area contributed by atoms with Crippen LogP contribution in [0, 0.1) is 5.92 Å². The zero-order valence-corrected chi connectivity index (χ0v) is 20.1. The van der Waals surface area contributed by atoms with Crippen LogP contribution in [0.2, 0.25) is 0 Å². The number of hydrogen-bond donors (Lipinski definition) is 1. The molecule has 0 spiro atoms. The first-order valence-electron chi connectivity index (χ1n) is 12.5. The Bertz CT molecular complexity index is 1160. The Kier molecular flexibility index (Phi) is 7.49. The minimum Gasteiger partial charge on any atom is -0.484 e. The summed E-state index contributed by atoms with van der Waals surface area (Å²) in [5, 5.41) is 7.15. The summed E-state index contributed by atoms with van der Waals surface area (Å²) in [6.07, 6.45) is 9.67. The summed E-state index contributed by atoms with van der Waals surface area (Å²) in [5.74, 6) is 0.812. The quantitative estimate of drug-likeness (QED) is 0.579. The van der Waals surface area contributed by atoms with Crippen molar-refractivity contribution in [3.63, 3.8) is 0 Å². The highest BCUT2D eigenvalue weighted by molar-refractivity contribution is 5.83. The van der Waals surface area contributed by atoms with Crippen molar-refractivity contribution < 1.29 is 18.8 Å². The third kappa shape index (κ3) is 5.53. The van der Waals surface area contributed by atoms with Crippen molar-refractivity contribution in [2.24, 2.45) is 5.92 Å². The van der Waals surface area contributed by atoms with Crippen molar-refractivity contribution in [1.82, 2.24) is 30.3 Å². The standard InChI is InChI=1S/C26H30N6O4/c33-23(17-35-19-8-4-3-5-9-19)32-13-7-2-1-6-10-29-25(34)20-14-18(15-22(20)32)26-30-24(31-36-26)21-16-27-11-12-28-21/h3-5,8-9,11-12,16,18,20,22H,1-2,6-7,10,13-15,17H2,(H,29,34)/t18-,20-,22+/m1/s1. The lowest BCUT2D eigenvalue weighted by atomic mass is 10.00. The molecule has 1 saturated heterocycles. The highest BCUT2D eigenvalue weighted by Gasteiger charge is 2.45. The number of aromatic nitrogens is 4. The number of benzene rings is 1. The molecule has 2 aromatic heterocycles. The lowest BCUT2D eigenvalue weighted by Gasteiger charge is -2.32. The number of fused-ring (bicyclic) bond motifs is 1. The van der Waals surface area contributed by atoms with Gasteiger partial charge in [0.1, 0.15) is 11.4 Å². The SMILES string of the molecule is O=C1NCCCCCCN(C(=O)COc2ccccc2)[C@H]2C[C@H](c3nc(-c4cnccn4)no3)C[C@@H]12. The lowest BCUT2D eigenvalue weighted by Crippen LogP contribution is -2.48. The summed E-state index contributed by atoms with van der Waals surface area (Å²) in [6.45, 7) is 1.17. The fourth-order valence-electron chi connectivity index (χ4n) is 5.09. The molecule has 2 amide bonds. The van der Waals surface area contributed by atoms with E-state index in [9.17, 15) is 9.59 Å². The van der Waals surface area contributed by atoms with Crippen LogP contribution >= 0.6 is 0 Å². The van der Waals surface area contributed by atoms with E-state index in [1.165, 1.54) is 0 Å². The molecule has 3 aromatic rings. The van der Waals surface area contributed by atoms with Crippen LogP contribution in [0.15, 0.2) is 53.4 Å². The summed E-state index contributed by atoms with van der Waals surface area (Å²) in [5.41, 5.74) is 0.522. The number of rotatable bonds is 5. The molecule has 36 heavy (non-hydrogen) atoms. The Hall–Kier alpha value is -3.82. The van der Waals surface area contributed by atoms with Crippen LogP contribution in [0.25, 0.3) is 11.5 Å². The highest BCUT2D eigenvalue weighted by Crippen LogP contribution is 2.41. The van der Waals surface area contributed by atoms with Gasteiger partial charge in [0.05, 0.1) is 12.1 Å². The molecule has 3 heterocycles. The summed E-state index contributed by atoms with van der Waals surface area (Å²) in [4.78, 5) is 41.3. The fraction of sp³-hybridized carbons (Fsp3) is 0.462. The zero-order chi connectivity index (χ0) is 24.7. The molecule has 0 bridgehead atoms. The Morgan fingerprint density at radius 3 is 2.81 bits per heavy atom. The van der Waals surface area contributed by atoms with E-state index in [0.717, 1.165) is 25.7 Å². The van der Waals surface area contributed by atoms with E-state index in [1.807, 2.05) is 35.2 Å². The van der Waals surface area contributed by atoms with Gasteiger partial charge in [0.2, 0.25) is 17.6 Å². The van der Waals surface area contributed by atoms with Gasteiger partial charge in [-0.15, -0.1) is 0 Å². The Morgan fingerprint density at radius 1 is 1.11 bits per heavy atom. The molecule has 10 heteroatoms. The minimum absolute atomic E-state index is 0.0279. The summed E-state index contributed by atoms with van der Waals surface area (Å²) >= 11 is 0. The van der Waals surface area contributed by atoms with Crippen molar-refractivity contribution in [1.29, 1.82) is 0 Å². The first kappa shape index (κ1) is 23.9. The van der Waals surface area contributed by atoms with E-state index in [-0.39, 0.29) is 36.3 Å². The first-order valence-corrected chi connectivity index (χ1v) is 12.5. The molecule has 10 nitrogen and oxygen atoms in total. The maximum atomic E-state index is 13.4. The number of nitrogens with zero attached hydrogens (tertiary/aromatic N) is 5. The fourth-order valence-corrected chi connectivity index (χ4v) is 5.09. The van der Waals surface area contributed by atoms with Crippen molar-refractivity contribution in [2.75, 3.05) is 19.7 Å². The predicted octanol–water partition coefficient (Wildman–Crippen LogP) is 2.99. The topological polar surface area (TPSA) is 123 Å². The van der Waals surface area contributed by atoms with E-state index < -0.39 is 0 Å². The molecule has 2 aliphatic rings. The number of carbonyl (C=O) groups excluding carboxylic acids is 2. The van der Waals surface area contributed by atoms with Gasteiger partial charge in [-0.2, -0.15) is 4.98 Å². The Labute approximate surface area is 209 Å². The second kappa shape index (κ2) is 11.3. The molecule has 5 rings (SSSR count). The molecule has 1 saturated carbocycles. The van der Waals surface area contributed by atoms with Crippen LogP contribution in [0.3, 0.4) is 0 Å². The number of ether oxygens (including phenoxy) is 1. The number of carbonyl (C=O) groups is 2. The van der Waals surface area contributed by atoms with Crippen molar-refractivity contribution in [3.05, 3.63) is 54.8 Å². The smallest absolute Gasteiger partial charge is 0.260 e. The lowest BCUT2D eigenvalue weighted by molar-refractivity contribution is -0.138. The van der Waals surface area contributed by atoms with E-state index in [2.05, 4.69) is 25.4 Å². The average Bonchev–Trinajstić information content (AvgIpc) is 3.57. The summed E-state index contributed by atoms with van der Waals surface area (Å²) in [7, 11) is 0. The number of hydrogen-bond acceptors (Lipinski definition) is 8. The minimum atomic E-state index is -0.361. The second-order valence-corrected chi connectivity index (χ2v) is 9.28. The van der Waals surface area contributed by atoms with E-state index in [1.54, 1.807) is 18.6 Å². The number of para-hydroxylation sites is 1. The van der Waals surface area contributed by atoms with E-state index in [0.29, 0.717) is 49.1 Å². The molecular formula is C26H30N6O4. The number of amides is 2. The Balaban J connectivity index is 1.36. The van der Waals surface area contributed by atoms with E-state index >= 15 is 0 Å². The largest absolute Gasteiger partial charge is 0.484 e. The average molecular weight is 491 g/mol. The maximum absolute atomic E-state index is 13.4. The van der Waals surface area contributed by atoms with Crippen LogP contribution in [0.1, 0.15) is 50.3 Å². The van der Waals surface area contributed by atoms with Gasteiger partial charge in [-0.1, -0.05) is 36.2 Å². The van der Waals surface area contributed by atoms with Crippen molar-refractivity contribution in [3.8, 4) is 17.3 Å². The molecule has 1 aliphatic carbocycles. The van der Waals surface area contributed by atoms with Crippen LogP contribution in [0.4, 0.5) is 0 Å². The third-order valence-electron chi connectivity index (χ3n) is 6.90. The third-order valence-corrected chi connectivity index (χ3v) is 6.90. The summed E-state index contributed by atoms with van der Waals surface area (Å²) in [6, 6.07) is 9.02. The molecule has 1 aliphatic heterocycles. The normalized spacial score (nSPS) is 22.8. The Morgan fingerprint density at radius 2 is 1.97 bits per heavy atom. The van der Waals surface area contributed by atoms with Crippen LogP contribution < -0.4 is 10.1 Å². The van der Waals surface area contributed by atoms with Gasteiger partial charge in [-0.25, -0.2) is 4.98 Å². The molecule has 1 aromatic carbocycles. The molecule has 188 valence electrons. The van der Waals surface area contributed by atoms with Crippen LogP contribution in [-0.2, 0) is 9.59 Å². The van der Waals surface area contributed by atoms with Gasteiger partial charge in [-0.3, -0.25) is 14.6 Å². The number of nitrogens with one attached hydrogen (secondary N) is 1. The highest BCUT2D eigenvalue weighted by atomic mass is 16.5. The molecule has 0 radical (unpaired) electrons. The first-order chi connectivity index (χ1) is 17.7. The molecular weight excluding hydrogens is 460 g/mol. The second-order valence-electron chi connectivity index (χ2n) is 9.28. The zero-order valence-electron chi connectivity index (χ0n) is 20.1. The van der Waals surface area contributed by atoms with Gasteiger partial charge < -0.3 is 19.5 Å². The monoisotopic (exact) mass is 490 g/mol. The van der Waals surface area contributed by atoms with Gasteiger partial charge in [0, 0.05) is 37.4 Å². The molecule has 3 atom stereocenters. The predicted molar refractivity (Wildman–Crippen MR) is 130 cm³/mol. The van der Waals surface area contributed by atoms with Gasteiger partial charge in [0.25, 0.3) is 5.91 Å². The maximum Gasteiger partial charge on any atom is 0.260 e. The molecule has 2 fully saturated rings. The molecule has 0 unspecified atom stereocenters. The van der Waals surface area contributed by atoms with Crippen molar-refractivity contribution in [2.45, 2.75) is 50.5 Å². The van der Waals surface area contributed by atoms with Crippen LogP contribution in [-0.4, -0.2) is 62.6 Å². The summed E-state index contributed by atoms with van der Waals surface area (Å²) < 4.78 is 11.4. The van der Waals surface area contributed by atoms with Gasteiger partial charge >= 0.3 is 0 Å². The van der Waals surface area contributed by atoms with Crippen molar-refractivity contribution >= 4 is 11.8 Å².